The highest BCUT2D eigenvalue weighted by molar-refractivity contribution is 5.87. The molecule has 6 N–H and O–H groups in total. The molecule has 0 saturated carbocycles. The third-order valence-corrected chi connectivity index (χ3v) is 3.87. The smallest absolute Gasteiger partial charge is 0.239 e. The van der Waals surface area contributed by atoms with E-state index in [4.69, 9.17) is 5.73 Å². The first-order valence-electron chi connectivity index (χ1n) is 12.7. The van der Waals surface area contributed by atoms with E-state index in [1.54, 1.807) is 0 Å². The lowest BCUT2D eigenvalue weighted by molar-refractivity contribution is -0.129. The van der Waals surface area contributed by atoms with Crippen molar-refractivity contribution in [3.8, 4) is 0 Å². The van der Waals surface area contributed by atoms with Gasteiger partial charge in [-0.1, -0.05) is 54.4 Å². The van der Waals surface area contributed by atoms with Gasteiger partial charge >= 0.3 is 0 Å². The van der Waals surface area contributed by atoms with Crippen molar-refractivity contribution in [2.24, 2.45) is 34.2 Å². The molecule has 208 valence electrons. The number of rotatable bonds is 14. The molecule has 0 rings (SSSR count). The molecule has 0 aromatic carbocycles. The van der Waals surface area contributed by atoms with Gasteiger partial charge in [-0.3, -0.25) is 14.6 Å². The van der Waals surface area contributed by atoms with E-state index < -0.39 is 6.04 Å². The van der Waals surface area contributed by atoms with Crippen molar-refractivity contribution in [3.63, 3.8) is 0 Å². The molecule has 0 heterocycles. The molecular formula is C26H55N5O4. The summed E-state index contributed by atoms with van der Waals surface area (Å²) in [5.74, 6) is 0.921. The SMILES string of the molecule is CC(C)=O.CC(C)C.CCCCC(CC(C)C)C(=O)NCC(=O)NC(C=O)CCCN=CN.CN. The number of nitrogens with two attached hydrogens (primary N) is 2. The quantitative estimate of drug-likeness (QED) is 0.124. The lowest BCUT2D eigenvalue weighted by Crippen LogP contribution is -2.44. The van der Waals surface area contributed by atoms with Gasteiger partial charge in [-0.05, 0) is 58.4 Å². The molecule has 35 heavy (non-hydrogen) atoms. The number of Topliss-reactive ketones (excluding diaryl/α,β-unsaturated/α-hetero) is 1. The van der Waals surface area contributed by atoms with Gasteiger partial charge in [-0.2, -0.15) is 0 Å². The topological polar surface area (TPSA) is 157 Å². The molecule has 0 aliphatic rings. The zero-order valence-corrected chi connectivity index (χ0v) is 23.9. The lowest BCUT2D eigenvalue weighted by atomic mass is 9.91. The summed E-state index contributed by atoms with van der Waals surface area (Å²) in [7, 11) is 1.50. The van der Waals surface area contributed by atoms with Crippen LogP contribution in [0.1, 0.15) is 93.9 Å². The summed E-state index contributed by atoms with van der Waals surface area (Å²) in [6.45, 7) is 16.2. The van der Waals surface area contributed by atoms with Crippen molar-refractivity contribution in [2.45, 2.75) is 100.0 Å². The fourth-order valence-corrected chi connectivity index (χ4v) is 2.60. The van der Waals surface area contributed by atoms with Crippen LogP contribution in [0.5, 0.6) is 0 Å². The summed E-state index contributed by atoms with van der Waals surface area (Å²) >= 11 is 0. The third-order valence-electron chi connectivity index (χ3n) is 3.87. The fourth-order valence-electron chi connectivity index (χ4n) is 2.60. The number of hydrogen-bond acceptors (Lipinski definition) is 6. The van der Waals surface area contributed by atoms with Gasteiger partial charge in [0.1, 0.15) is 12.1 Å². The van der Waals surface area contributed by atoms with Gasteiger partial charge < -0.3 is 31.7 Å². The molecule has 0 saturated heterocycles. The molecule has 0 bridgehead atoms. The van der Waals surface area contributed by atoms with Crippen molar-refractivity contribution in [3.05, 3.63) is 0 Å². The van der Waals surface area contributed by atoms with Crippen LogP contribution in [0.2, 0.25) is 0 Å². The molecule has 0 radical (unpaired) electrons. The normalized spacial score (nSPS) is 11.7. The standard InChI is InChI=1S/C18H34N4O3.C4H10.C3H6O.CH5N/c1-4-5-7-15(10-14(2)3)18(25)21-11-17(24)22-16(12-23)8-6-9-20-13-19;1-4(2)3;1-3(2)4;1-2/h12-16H,4-11H2,1-3H3,(H2,19,20)(H,21,25)(H,22,24);4H,1-3H3;1-2H3;2H2,1H3. The first kappa shape index (κ1) is 39.9. The first-order chi connectivity index (χ1) is 16.4. The number of aldehydes is 1. The van der Waals surface area contributed by atoms with E-state index in [2.05, 4.69) is 62.9 Å². The Kier molecular flexibility index (Phi) is 33.9. The van der Waals surface area contributed by atoms with Crippen LogP contribution in [0.25, 0.3) is 0 Å². The molecule has 2 unspecified atom stereocenters. The summed E-state index contributed by atoms with van der Waals surface area (Å²) in [6, 6.07) is -0.566. The van der Waals surface area contributed by atoms with E-state index in [0.717, 1.165) is 31.6 Å². The van der Waals surface area contributed by atoms with E-state index >= 15 is 0 Å². The Morgan fingerprint density at radius 3 is 1.89 bits per heavy atom. The van der Waals surface area contributed by atoms with Crippen LogP contribution in [0, 0.1) is 17.8 Å². The minimum absolute atomic E-state index is 0.0660. The number of nitrogens with zero attached hydrogens (tertiary/aromatic N) is 1. The number of carbonyl (C=O) groups is 4. The monoisotopic (exact) mass is 501 g/mol. The van der Waals surface area contributed by atoms with Crippen LogP contribution in [0.3, 0.4) is 0 Å². The van der Waals surface area contributed by atoms with Crippen LogP contribution in [-0.4, -0.2) is 56.4 Å². The minimum Gasteiger partial charge on any atom is -0.390 e. The summed E-state index contributed by atoms with van der Waals surface area (Å²) in [4.78, 5) is 48.6. The molecule has 0 aromatic heterocycles. The summed E-state index contributed by atoms with van der Waals surface area (Å²) in [6.07, 6.45) is 6.75. The van der Waals surface area contributed by atoms with E-state index in [-0.39, 0.29) is 30.1 Å². The largest absolute Gasteiger partial charge is 0.390 e. The number of amides is 2. The molecule has 0 aliphatic heterocycles. The molecule has 0 aliphatic carbocycles. The number of unbranched alkanes of at least 4 members (excludes halogenated alkanes) is 1. The second-order valence-electron chi connectivity index (χ2n) is 9.33. The Morgan fingerprint density at radius 2 is 1.49 bits per heavy atom. The van der Waals surface area contributed by atoms with Gasteiger partial charge in [-0.25, -0.2) is 0 Å². The van der Waals surface area contributed by atoms with Gasteiger partial charge in [0.05, 0.1) is 18.9 Å². The fraction of sp³-hybridized carbons (Fsp3) is 0.808. The lowest BCUT2D eigenvalue weighted by Gasteiger charge is -2.19. The second kappa shape index (κ2) is 29.7. The molecule has 9 heteroatoms. The van der Waals surface area contributed by atoms with Crippen LogP contribution in [0.4, 0.5) is 0 Å². The zero-order valence-electron chi connectivity index (χ0n) is 23.9. The third kappa shape index (κ3) is 39.2. The molecular weight excluding hydrogens is 446 g/mol. The number of nitrogens with one attached hydrogen (secondary N) is 2. The Morgan fingerprint density at radius 1 is 0.971 bits per heavy atom. The molecule has 2 atom stereocenters. The Bertz CT molecular complexity index is 545. The minimum atomic E-state index is -0.566. The van der Waals surface area contributed by atoms with Crippen LogP contribution in [0.15, 0.2) is 4.99 Å². The predicted molar refractivity (Wildman–Crippen MR) is 147 cm³/mol. The summed E-state index contributed by atoms with van der Waals surface area (Å²) in [5, 5.41) is 5.31. The maximum absolute atomic E-state index is 12.3. The van der Waals surface area contributed by atoms with Crippen LogP contribution in [-0.2, 0) is 19.2 Å². The maximum atomic E-state index is 12.3. The number of hydrogen-bond donors (Lipinski definition) is 4. The van der Waals surface area contributed by atoms with Gasteiger partial charge in [0, 0.05) is 12.5 Å². The van der Waals surface area contributed by atoms with E-state index in [1.807, 2.05) is 0 Å². The van der Waals surface area contributed by atoms with Gasteiger partial charge in [0.2, 0.25) is 11.8 Å². The van der Waals surface area contributed by atoms with Crippen molar-refractivity contribution in [1.82, 2.24) is 10.6 Å². The molecule has 0 fully saturated rings. The number of carbonyl (C=O) groups excluding carboxylic acids is 4. The first-order valence-corrected chi connectivity index (χ1v) is 12.7. The van der Waals surface area contributed by atoms with E-state index in [1.165, 1.54) is 27.2 Å². The van der Waals surface area contributed by atoms with Crippen LogP contribution < -0.4 is 22.1 Å². The second-order valence-corrected chi connectivity index (χ2v) is 9.33. The van der Waals surface area contributed by atoms with Crippen molar-refractivity contribution in [1.29, 1.82) is 0 Å². The molecule has 9 nitrogen and oxygen atoms in total. The van der Waals surface area contributed by atoms with Gasteiger partial charge in [0.15, 0.2) is 0 Å². The molecule has 0 aromatic rings. The number of ketones is 1. The number of aliphatic imine (C=N–C) groups is 1. The summed E-state index contributed by atoms with van der Waals surface area (Å²) in [5.41, 5.74) is 9.64. The molecule has 2 amide bonds. The van der Waals surface area contributed by atoms with Crippen LogP contribution >= 0.6 is 0 Å². The van der Waals surface area contributed by atoms with Crippen molar-refractivity contribution >= 4 is 30.2 Å². The Labute approximate surface area is 214 Å². The Hall–Kier alpha value is -2.29. The highest BCUT2D eigenvalue weighted by Crippen LogP contribution is 2.18. The predicted octanol–water partition coefficient (Wildman–Crippen LogP) is 3.24. The van der Waals surface area contributed by atoms with Gasteiger partial charge in [-0.15, -0.1) is 0 Å². The van der Waals surface area contributed by atoms with Crippen molar-refractivity contribution < 1.29 is 19.2 Å². The van der Waals surface area contributed by atoms with Gasteiger partial charge in [0.25, 0.3) is 0 Å². The van der Waals surface area contributed by atoms with E-state index in [0.29, 0.717) is 31.6 Å². The van der Waals surface area contributed by atoms with Crippen molar-refractivity contribution in [2.75, 3.05) is 20.1 Å². The average Bonchev–Trinajstić information content (AvgIpc) is 2.77. The molecule has 0 spiro atoms. The highest BCUT2D eigenvalue weighted by atomic mass is 16.2. The zero-order chi connectivity index (χ0) is 28.2. The van der Waals surface area contributed by atoms with E-state index in [9.17, 15) is 19.2 Å². The average molecular weight is 502 g/mol. The summed E-state index contributed by atoms with van der Waals surface area (Å²) < 4.78 is 0. The highest BCUT2D eigenvalue weighted by Gasteiger charge is 2.20. The Balaban J connectivity index is -0.000000407. The maximum Gasteiger partial charge on any atom is 0.239 e.